The molecule has 23 heavy (non-hydrogen) atoms. The average Bonchev–Trinajstić information content (AvgIpc) is 2.50. The van der Waals surface area contributed by atoms with E-state index in [1.165, 1.54) is 18.2 Å². The van der Waals surface area contributed by atoms with E-state index in [2.05, 4.69) is 10.0 Å². The number of ether oxygens (including phenoxy) is 1. The Bertz CT molecular complexity index is 628. The van der Waals surface area contributed by atoms with E-state index >= 15 is 0 Å². The molecule has 0 atom stereocenters. The lowest BCUT2D eigenvalue weighted by Gasteiger charge is -2.37. The Morgan fingerprint density at radius 3 is 2.70 bits per heavy atom. The second-order valence-corrected chi connectivity index (χ2v) is 8.23. The van der Waals surface area contributed by atoms with E-state index in [4.69, 9.17) is 16.3 Å². The number of piperidine rings is 1. The topological polar surface area (TPSA) is 67.4 Å². The first-order valence-electron chi connectivity index (χ1n) is 7.47. The molecule has 0 spiro atoms. The third-order valence-electron chi connectivity index (χ3n) is 4.12. The Labute approximate surface area is 141 Å². The van der Waals surface area contributed by atoms with Gasteiger partial charge in [-0.05, 0) is 43.6 Å². The first-order valence-corrected chi connectivity index (χ1v) is 9.50. The van der Waals surface area contributed by atoms with Crippen LogP contribution in [0.5, 0.6) is 0 Å². The lowest BCUT2D eigenvalue weighted by Crippen LogP contribution is -2.47. The molecule has 0 radical (unpaired) electrons. The average molecular weight is 365 g/mol. The summed E-state index contributed by atoms with van der Waals surface area (Å²) in [5, 5.41) is 3.19. The van der Waals surface area contributed by atoms with Crippen molar-refractivity contribution < 1.29 is 17.5 Å². The summed E-state index contributed by atoms with van der Waals surface area (Å²) >= 11 is 5.69. The van der Waals surface area contributed by atoms with E-state index < -0.39 is 15.8 Å². The zero-order valence-corrected chi connectivity index (χ0v) is 14.6. The van der Waals surface area contributed by atoms with Gasteiger partial charge in [0.15, 0.2) is 0 Å². The standard InChI is InChI=1S/C15H22ClFN2O3S/c1-22-11-15(4-6-18-7-5-15)10-19-23(20,21)9-12-2-3-14(17)13(16)8-12/h2-3,8,18-19H,4-7,9-11H2,1H3. The van der Waals surface area contributed by atoms with Crippen LogP contribution in [0.1, 0.15) is 18.4 Å². The van der Waals surface area contributed by atoms with Crippen LogP contribution in [0.15, 0.2) is 18.2 Å². The molecule has 1 aliphatic heterocycles. The number of halogens is 2. The van der Waals surface area contributed by atoms with Crippen molar-refractivity contribution in [2.24, 2.45) is 5.41 Å². The summed E-state index contributed by atoms with van der Waals surface area (Å²) < 4.78 is 45.6. The van der Waals surface area contributed by atoms with Gasteiger partial charge in [-0.3, -0.25) is 0 Å². The molecule has 130 valence electrons. The Hall–Kier alpha value is -0.730. The van der Waals surface area contributed by atoms with E-state index in [1.807, 2.05) is 0 Å². The Morgan fingerprint density at radius 2 is 2.09 bits per heavy atom. The summed E-state index contributed by atoms with van der Waals surface area (Å²) in [4.78, 5) is 0. The van der Waals surface area contributed by atoms with Crippen molar-refractivity contribution in [2.75, 3.05) is 33.4 Å². The highest BCUT2D eigenvalue weighted by molar-refractivity contribution is 7.88. The van der Waals surface area contributed by atoms with Crippen molar-refractivity contribution in [1.82, 2.24) is 10.0 Å². The molecule has 1 fully saturated rings. The molecular formula is C15H22ClFN2O3S. The highest BCUT2D eigenvalue weighted by atomic mass is 35.5. The van der Waals surface area contributed by atoms with Crippen molar-refractivity contribution in [2.45, 2.75) is 18.6 Å². The van der Waals surface area contributed by atoms with Crippen LogP contribution < -0.4 is 10.0 Å². The second-order valence-electron chi connectivity index (χ2n) is 6.01. The van der Waals surface area contributed by atoms with Gasteiger partial charge in [0.1, 0.15) is 5.82 Å². The molecule has 0 saturated carbocycles. The van der Waals surface area contributed by atoms with Gasteiger partial charge in [0.05, 0.1) is 17.4 Å². The molecular weight excluding hydrogens is 343 g/mol. The van der Waals surface area contributed by atoms with Crippen molar-refractivity contribution in [3.8, 4) is 0 Å². The molecule has 0 aromatic heterocycles. The fraction of sp³-hybridized carbons (Fsp3) is 0.600. The van der Waals surface area contributed by atoms with Crippen LogP contribution in [0.4, 0.5) is 4.39 Å². The molecule has 0 amide bonds. The van der Waals surface area contributed by atoms with Gasteiger partial charge in [0, 0.05) is 19.1 Å². The summed E-state index contributed by atoms with van der Waals surface area (Å²) in [5.41, 5.74) is 0.267. The van der Waals surface area contributed by atoms with Crippen LogP contribution in [0.3, 0.4) is 0 Å². The smallest absolute Gasteiger partial charge is 0.215 e. The number of hydrogen-bond donors (Lipinski definition) is 2. The first-order chi connectivity index (χ1) is 10.9. The Kier molecular flexibility index (Phi) is 6.39. The summed E-state index contributed by atoms with van der Waals surface area (Å²) in [7, 11) is -1.90. The number of nitrogens with one attached hydrogen (secondary N) is 2. The molecule has 2 N–H and O–H groups in total. The summed E-state index contributed by atoms with van der Waals surface area (Å²) in [6.45, 7) is 2.54. The fourth-order valence-corrected chi connectivity index (χ4v) is 4.25. The zero-order valence-electron chi connectivity index (χ0n) is 13.1. The highest BCUT2D eigenvalue weighted by Crippen LogP contribution is 2.28. The Balaban J connectivity index is 2.00. The largest absolute Gasteiger partial charge is 0.384 e. The maximum atomic E-state index is 13.1. The van der Waals surface area contributed by atoms with Gasteiger partial charge in [0.2, 0.25) is 10.0 Å². The number of rotatable bonds is 7. The molecule has 1 saturated heterocycles. The van der Waals surface area contributed by atoms with Gasteiger partial charge in [-0.15, -0.1) is 0 Å². The minimum atomic E-state index is -3.53. The minimum Gasteiger partial charge on any atom is -0.384 e. The summed E-state index contributed by atoms with van der Waals surface area (Å²) in [5.74, 6) is -0.788. The molecule has 0 bridgehead atoms. The maximum Gasteiger partial charge on any atom is 0.215 e. The van der Waals surface area contributed by atoms with E-state index in [0.29, 0.717) is 18.7 Å². The second kappa shape index (κ2) is 7.90. The van der Waals surface area contributed by atoms with E-state index in [1.54, 1.807) is 7.11 Å². The maximum absolute atomic E-state index is 13.1. The lowest BCUT2D eigenvalue weighted by molar-refractivity contribution is 0.0577. The predicted octanol–water partition coefficient (Wildman–Crippen LogP) is 1.91. The number of hydrogen-bond acceptors (Lipinski definition) is 4. The lowest BCUT2D eigenvalue weighted by atomic mass is 9.80. The third-order valence-corrected chi connectivity index (χ3v) is 5.71. The summed E-state index contributed by atoms with van der Waals surface area (Å²) in [6.07, 6.45) is 1.71. The SMILES string of the molecule is COCC1(CNS(=O)(=O)Cc2ccc(F)c(Cl)c2)CCNCC1. The molecule has 1 heterocycles. The molecule has 0 unspecified atom stereocenters. The van der Waals surface area contributed by atoms with Crippen LogP contribution in [0, 0.1) is 11.2 Å². The summed E-state index contributed by atoms with van der Waals surface area (Å²) in [6, 6.07) is 3.94. The molecule has 0 aliphatic carbocycles. The van der Waals surface area contributed by atoms with Crippen molar-refractivity contribution in [1.29, 1.82) is 0 Å². The highest BCUT2D eigenvalue weighted by Gasteiger charge is 2.33. The molecule has 2 rings (SSSR count). The minimum absolute atomic E-state index is 0.0769. The van der Waals surface area contributed by atoms with Gasteiger partial charge in [0.25, 0.3) is 0 Å². The number of methoxy groups -OCH3 is 1. The molecule has 1 aromatic carbocycles. The van der Waals surface area contributed by atoms with E-state index in [9.17, 15) is 12.8 Å². The van der Waals surface area contributed by atoms with Crippen LogP contribution in [-0.4, -0.2) is 41.8 Å². The van der Waals surface area contributed by atoms with Crippen LogP contribution in [0.2, 0.25) is 5.02 Å². The van der Waals surface area contributed by atoms with E-state index in [0.717, 1.165) is 25.9 Å². The van der Waals surface area contributed by atoms with Gasteiger partial charge < -0.3 is 10.1 Å². The first kappa shape index (κ1) is 18.6. The number of benzene rings is 1. The van der Waals surface area contributed by atoms with E-state index in [-0.39, 0.29) is 16.2 Å². The third kappa shape index (κ3) is 5.39. The van der Waals surface area contributed by atoms with Gasteiger partial charge >= 0.3 is 0 Å². The van der Waals surface area contributed by atoms with Gasteiger partial charge in [-0.25, -0.2) is 17.5 Å². The monoisotopic (exact) mass is 364 g/mol. The van der Waals surface area contributed by atoms with Crippen LogP contribution in [-0.2, 0) is 20.5 Å². The fourth-order valence-electron chi connectivity index (χ4n) is 2.80. The molecule has 8 heteroatoms. The van der Waals surface area contributed by atoms with Gasteiger partial charge in [-0.1, -0.05) is 17.7 Å². The molecule has 1 aliphatic rings. The predicted molar refractivity (Wildman–Crippen MR) is 88.4 cm³/mol. The normalized spacial score (nSPS) is 18.0. The Morgan fingerprint density at radius 1 is 1.39 bits per heavy atom. The number of sulfonamides is 1. The van der Waals surface area contributed by atoms with Crippen LogP contribution in [0.25, 0.3) is 0 Å². The van der Waals surface area contributed by atoms with Crippen molar-refractivity contribution >= 4 is 21.6 Å². The van der Waals surface area contributed by atoms with Crippen molar-refractivity contribution in [3.05, 3.63) is 34.6 Å². The van der Waals surface area contributed by atoms with Crippen molar-refractivity contribution in [3.63, 3.8) is 0 Å². The van der Waals surface area contributed by atoms with Gasteiger partial charge in [-0.2, -0.15) is 0 Å². The molecule has 5 nitrogen and oxygen atoms in total. The quantitative estimate of drug-likeness (QED) is 0.775. The van der Waals surface area contributed by atoms with Crippen LogP contribution >= 0.6 is 11.6 Å². The molecule has 1 aromatic rings. The zero-order chi connectivity index (χ0) is 16.9.